The minimum atomic E-state index is 1.15. The van der Waals surface area contributed by atoms with Crippen molar-refractivity contribution in [2.24, 2.45) is 0 Å². The maximum atomic E-state index is 3.91. The molecule has 0 amide bonds. The first-order chi connectivity index (χ1) is 15.3. The zero-order valence-corrected chi connectivity index (χ0v) is 18.4. The second kappa shape index (κ2) is 7.37. The molecule has 146 valence electrons. The van der Waals surface area contributed by atoms with E-state index in [1.807, 2.05) is 0 Å². The molecule has 6 aromatic rings. The van der Waals surface area contributed by atoms with Gasteiger partial charge >= 0.3 is 0 Å². The fourth-order valence-electron chi connectivity index (χ4n) is 4.59. The van der Waals surface area contributed by atoms with E-state index in [1.165, 1.54) is 54.6 Å². The number of hydrogen-bond acceptors (Lipinski definition) is 0. The predicted octanol–water partition coefficient (Wildman–Crippen LogP) is 9.24. The molecule has 0 fully saturated rings. The molecule has 0 atom stereocenters. The first-order valence-corrected chi connectivity index (χ1v) is 11.3. The summed E-state index contributed by atoms with van der Waals surface area (Å²) in [5.74, 6) is 0. The third-order valence-electron chi connectivity index (χ3n) is 6.10. The number of benzene rings is 6. The van der Waals surface area contributed by atoms with Gasteiger partial charge in [-0.05, 0) is 82.6 Å². The van der Waals surface area contributed by atoms with E-state index in [9.17, 15) is 0 Å². The Kier molecular flexibility index (Phi) is 4.36. The van der Waals surface area contributed by atoms with Gasteiger partial charge in [-0.25, -0.2) is 0 Å². The fraction of sp³-hybridized carbons (Fsp3) is 0. The number of fused-ring (bicyclic) bond motifs is 3. The molecule has 0 saturated heterocycles. The molecule has 6 aromatic carbocycles. The summed E-state index contributed by atoms with van der Waals surface area (Å²) < 4.78 is 1.15. The summed E-state index contributed by atoms with van der Waals surface area (Å²) in [7, 11) is 0. The van der Waals surface area contributed by atoms with E-state index in [4.69, 9.17) is 0 Å². The minimum Gasteiger partial charge on any atom is -0.0622 e. The Balaban J connectivity index is 1.74. The summed E-state index contributed by atoms with van der Waals surface area (Å²) in [6.45, 7) is 0. The Morgan fingerprint density at radius 3 is 1.87 bits per heavy atom. The van der Waals surface area contributed by atoms with E-state index < -0.39 is 0 Å². The van der Waals surface area contributed by atoms with Crippen LogP contribution in [0.2, 0.25) is 0 Å². The molecule has 0 heterocycles. The zero-order valence-electron chi connectivity index (χ0n) is 16.8. The van der Waals surface area contributed by atoms with Gasteiger partial charge in [-0.3, -0.25) is 0 Å². The first-order valence-electron chi connectivity index (χ1n) is 10.5. The highest BCUT2D eigenvalue weighted by molar-refractivity contribution is 9.10. The smallest absolute Gasteiger partial charge is 0.0332 e. The Morgan fingerprint density at radius 1 is 0.387 bits per heavy atom. The highest BCUT2D eigenvalue weighted by atomic mass is 79.9. The van der Waals surface area contributed by atoms with Crippen LogP contribution in [0.15, 0.2) is 120 Å². The van der Waals surface area contributed by atoms with Crippen LogP contribution in [-0.2, 0) is 0 Å². The van der Waals surface area contributed by atoms with Gasteiger partial charge < -0.3 is 0 Å². The number of rotatable bonds is 2. The summed E-state index contributed by atoms with van der Waals surface area (Å²) in [5.41, 5.74) is 5.01. The average Bonchev–Trinajstić information content (AvgIpc) is 2.84. The fourth-order valence-corrected chi connectivity index (χ4v) is 5.28. The van der Waals surface area contributed by atoms with Gasteiger partial charge in [0.05, 0.1) is 0 Å². The van der Waals surface area contributed by atoms with Gasteiger partial charge in [0.15, 0.2) is 0 Å². The summed E-state index contributed by atoms with van der Waals surface area (Å²) in [6, 6.07) is 41.5. The van der Waals surface area contributed by atoms with Crippen LogP contribution in [-0.4, -0.2) is 0 Å². The summed E-state index contributed by atoms with van der Waals surface area (Å²) in [5, 5.41) is 7.54. The average molecular weight is 459 g/mol. The van der Waals surface area contributed by atoms with Gasteiger partial charge in [-0.1, -0.05) is 103 Å². The monoisotopic (exact) mass is 458 g/mol. The molecule has 0 unspecified atom stereocenters. The molecule has 0 spiro atoms. The highest BCUT2D eigenvalue weighted by Gasteiger charge is 2.15. The molecule has 1 heteroatoms. The van der Waals surface area contributed by atoms with E-state index >= 15 is 0 Å². The van der Waals surface area contributed by atoms with E-state index in [0.717, 1.165) is 4.47 Å². The van der Waals surface area contributed by atoms with Gasteiger partial charge in [0.2, 0.25) is 0 Å². The molecule has 0 nitrogen and oxygen atoms in total. The van der Waals surface area contributed by atoms with Gasteiger partial charge in [0.1, 0.15) is 0 Å². The van der Waals surface area contributed by atoms with Crippen LogP contribution in [0.3, 0.4) is 0 Å². The summed E-state index contributed by atoms with van der Waals surface area (Å²) in [4.78, 5) is 0. The Labute approximate surface area is 189 Å². The third-order valence-corrected chi connectivity index (χ3v) is 6.96. The van der Waals surface area contributed by atoms with Gasteiger partial charge in [0, 0.05) is 4.47 Å². The highest BCUT2D eigenvalue weighted by Crippen LogP contribution is 2.43. The molecule has 0 bridgehead atoms. The van der Waals surface area contributed by atoms with Crippen LogP contribution in [0, 0.1) is 0 Å². The lowest BCUT2D eigenvalue weighted by molar-refractivity contribution is 1.64. The van der Waals surface area contributed by atoms with Crippen molar-refractivity contribution in [2.75, 3.05) is 0 Å². The Hall–Kier alpha value is -3.42. The molecular formula is C30H19Br. The molecule has 0 aliphatic carbocycles. The van der Waals surface area contributed by atoms with Crippen molar-refractivity contribution in [1.29, 1.82) is 0 Å². The molecule has 0 saturated carbocycles. The van der Waals surface area contributed by atoms with Crippen LogP contribution < -0.4 is 0 Å². The van der Waals surface area contributed by atoms with Crippen molar-refractivity contribution in [1.82, 2.24) is 0 Å². The molecule has 0 aliphatic rings. The first kappa shape index (κ1) is 18.4. The maximum Gasteiger partial charge on any atom is 0.0332 e. The lowest BCUT2D eigenvalue weighted by atomic mass is 9.89. The van der Waals surface area contributed by atoms with Crippen molar-refractivity contribution >= 4 is 48.2 Å². The van der Waals surface area contributed by atoms with Gasteiger partial charge in [0.25, 0.3) is 0 Å². The third kappa shape index (κ3) is 3.05. The SMILES string of the molecule is Brc1c2ccccc2c(-c2ccc3ccccc3c2)c2cc(-c3ccccc3)ccc12. The Morgan fingerprint density at radius 2 is 1.03 bits per heavy atom. The molecule has 0 N–H and O–H groups in total. The van der Waals surface area contributed by atoms with Crippen molar-refractivity contribution in [3.8, 4) is 22.3 Å². The molecule has 6 rings (SSSR count). The quantitative estimate of drug-likeness (QED) is 0.226. The van der Waals surface area contributed by atoms with Crippen LogP contribution in [0.4, 0.5) is 0 Å². The largest absolute Gasteiger partial charge is 0.0622 e. The van der Waals surface area contributed by atoms with Gasteiger partial charge in [-0.2, -0.15) is 0 Å². The van der Waals surface area contributed by atoms with Crippen LogP contribution in [0.25, 0.3) is 54.6 Å². The molecular weight excluding hydrogens is 440 g/mol. The second-order valence-corrected chi connectivity index (χ2v) is 8.72. The maximum absolute atomic E-state index is 3.91. The van der Waals surface area contributed by atoms with Gasteiger partial charge in [-0.15, -0.1) is 0 Å². The number of halogens is 1. The van der Waals surface area contributed by atoms with Crippen LogP contribution in [0.5, 0.6) is 0 Å². The van der Waals surface area contributed by atoms with Crippen molar-refractivity contribution in [2.45, 2.75) is 0 Å². The molecule has 0 radical (unpaired) electrons. The van der Waals surface area contributed by atoms with Crippen molar-refractivity contribution < 1.29 is 0 Å². The van der Waals surface area contributed by atoms with Crippen LogP contribution >= 0.6 is 15.9 Å². The van der Waals surface area contributed by atoms with E-state index in [-0.39, 0.29) is 0 Å². The molecule has 0 aromatic heterocycles. The topological polar surface area (TPSA) is 0 Å². The van der Waals surface area contributed by atoms with E-state index in [0.29, 0.717) is 0 Å². The van der Waals surface area contributed by atoms with Crippen molar-refractivity contribution in [3.63, 3.8) is 0 Å². The van der Waals surface area contributed by atoms with Crippen LogP contribution in [0.1, 0.15) is 0 Å². The lowest BCUT2D eigenvalue weighted by Crippen LogP contribution is -1.89. The van der Waals surface area contributed by atoms with E-state index in [2.05, 4.69) is 131 Å². The zero-order chi connectivity index (χ0) is 20.8. The lowest BCUT2D eigenvalue weighted by Gasteiger charge is -2.16. The standard InChI is InChI=1S/C30H19Br/c31-30-26-13-7-6-12-25(26)29(24-15-14-21-10-4-5-11-22(21)18-24)28-19-23(16-17-27(28)30)20-8-2-1-3-9-20/h1-19H. The Bertz CT molecular complexity index is 1580. The normalized spacial score (nSPS) is 11.4. The molecule has 0 aliphatic heterocycles. The summed E-state index contributed by atoms with van der Waals surface area (Å²) >= 11 is 3.91. The second-order valence-electron chi connectivity index (χ2n) is 7.92. The number of hydrogen-bond donors (Lipinski definition) is 0. The van der Waals surface area contributed by atoms with E-state index in [1.54, 1.807) is 0 Å². The summed E-state index contributed by atoms with van der Waals surface area (Å²) in [6.07, 6.45) is 0. The minimum absolute atomic E-state index is 1.15. The van der Waals surface area contributed by atoms with Crippen molar-refractivity contribution in [3.05, 3.63) is 120 Å². The molecule has 31 heavy (non-hydrogen) atoms. The predicted molar refractivity (Wildman–Crippen MR) is 138 cm³/mol.